The summed E-state index contributed by atoms with van der Waals surface area (Å²) in [5, 5.41) is 24.6. The molecule has 0 saturated carbocycles. The molecule has 1 aromatic heterocycles. The molecule has 0 saturated heterocycles. The average molecular weight is 429 g/mol. The fraction of sp³-hybridized carbons (Fsp3) is 0.227. The number of aromatic hydroxyl groups is 1. The first-order valence-corrected chi connectivity index (χ1v) is 9.62. The molecule has 0 bridgehead atoms. The van der Waals surface area contributed by atoms with E-state index >= 15 is 0 Å². The first kappa shape index (κ1) is 21.4. The highest BCUT2D eigenvalue weighted by Gasteiger charge is 2.17. The summed E-state index contributed by atoms with van der Waals surface area (Å²) in [5.74, 6) is -1.95. The zero-order chi connectivity index (χ0) is 21.8. The zero-order valence-electron chi connectivity index (χ0n) is 16.1. The van der Waals surface area contributed by atoms with E-state index in [1.165, 1.54) is 12.1 Å². The zero-order valence-corrected chi connectivity index (χ0v) is 16.9. The van der Waals surface area contributed by atoms with Crippen molar-refractivity contribution in [2.24, 2.45) is 0 Å². The molecule has 1 heterocycles. The minimum atomic E-state index is -1.40. The number of benzene rings is 2. The third kappa shape index (κ3) is 4.99. The fourth-order valence-corrected chi connectivity index (χ4v) is 3.35. The SMILES string of the molecule is Cc1c(CCC(=O)N[C@H](Cc2ccc(Cl)cc2)C(=O)[O-])c(=O)oc2cc(O)ccc12. The summed E-state index contributed by atoms with van der Waals surface area (Å²) in [7, 11) is 0. The lowest BCUT2D eigenvalue weighted by atomic mass is 10.0. The van der Waals surface area contributed by atoms with Gasteiger partial charge in [0.05, 0.1) is 12.0 Å². The molecule has 0 radical (unpaired) electrons. The Morgan fingerprint density at radius 1 is 1.20 bits per heavy atom. The smallest absolute Gasteiger partial charge is 0.339 e. The summed E-state index contributed by atoms with van der Waals surface area (Å²) in [4.78, 5) is 36.0. The summed E-state index contributed by atoms with van der Waals surface area (Å²) in [6.45, 7) is 1.73. The standard InChI is InChI=1S/C22H20ClNO6/c1-12-16-7-6-15(25)11-19(16)30-22(29)17(12)8-9-20(26)24-18(21(27)28)10-13-2-4-14(23)5-3-13/h2-7,11,18,25H,8-10H2,1H3,(H,24,26)(H,27,28)/p-1/t18-/m1/s1. The highest BCUT2D eigenvalue weighted by Crippen LogP contribution is 2.23. The van der Waals surface area contributed by atoms with Crippen molar-refractivity contribution in [1.29, 1.82) is 0 Å². The molecule has 1 amide bonds. The Hall–Kier alpha value is -3.32. The van der Waals surface area contributed by atoms with Crippen LogP contribution in [0.5, 0.6) is 5.75 Å². The summed E-state index contributed by atoms with van der Waals surface area (Å²) < 4.78 is 5.23. The molecule has 8 heteroatoms. The molecular formula is C22H19ClNO6-. The molecule has 7 nitrogen and oxygen atoms in total. The predicted octanol–water partition coefficient (Wildman–Crippen LogP) is 1.87. The molecule has 0 fully saturated rings. The number of carbonyl (C=O) groups is 2. The van der Waals surface area contributed by atoms with Gasteiger partial charge in [-0.05, 0) is 55.2 Å². The van der Waals surface area contributed by atoms with Crippen LogP contribution in [0.2, 0.25) is 5.02 Å². The number of carbonyl (C=O) groups excluding carboxylic acids is 2. The van der Waals surface area contributed by atoms with Crippen LogP contribution >= 0.6 is 11.6 Å². The third-order valence-electron chi connectivity index (χ3n) is 4.85. The van der Waals surface area contributed by atoms with Crippen molar-refractivity contribution in [2.45, 2.75) is 32.2 Å². The van der Waals surface area contributed by atoms with Gasteiger partial charge in [-0.1, -0.05) is 23.7 Å². The van der Waals surface area contributed by atoms with Gasteiger partial charge in [0, 0.05) is 28.5 Å². The van der Waals surface area contributed by atoms with Gasteiger partial charge in [0.1, 0.15) is 11.3 Å². The van der Waals surface area contributed by atoms with Crippen LogP contribution in [0, 0.1) is 6.92 Å². The molecule has 2 aromatic carbocycles. The number of hydrogen-bond donors (Lipinski definition) is 2. The Kier molecular flexibility index (Phi) is 6.42. The van der Waals surface area contributed by atoms with Crippen LogP contribution in [0.3, 0.4) is 0 Å². The van der Waals surface area contributed by atoms with E-state index in [0.717, 1.165) is 0 Å². The molecular weight excluding hydrogens is 410 g/mol. The lowest BCUT2D eigenvalue weighted by Gasteiger charge is -2.20. The van der Waals surface area contributed by atoms with E-state index in [1.807, 2.05) is 0 Å². The lowest BCUT2D eigenvalue weighted by molar-refractivity contribution is -0.308. The Labute approximate surface area is 176 Å². The number of rotatable bonds is 7. The van der Waals surface area contributed by atoms with Crippen molar-refractivity contribution in [2.75, 3.05) is 0 Å². The summed E-state index contributed by atoms with van der Waals surface area (Å²) >= 11 is 5.82. The molecule has 156 valence electrons. The van der Waals surface area contributed by atoms with Crippen LogP contribution in [0.1, 0.15) is 23.1 Å². The number of aryl methyl sites for hydroxylation is 1. The highest BCUT2D eigenvalue weighted by molar-refractivity contribution is 6.30. The van der Waals surface area contributed by atoms with Gasteiger partial charge >= 0.3 is 5.63 Å². The van der Waals surface area contributed by atoms with Crippen molar-refractivity contribution < 1.29 is 24.2 Å². The molecule has 30 heavy (non-hydrogen) atoms. The molecule has 0 spiro atoms. The van der Waals surface area contributed by atoms with E-state index in [-0.39, 0.29) is 30.6 Å². The number of fused-ring (bicyclic) bond motifs is 1. The van der Waals surface area contributed by atoms with Gasteiger partial charge in [-0.3, -0.25) is 4.79 Å². The highest BCUT2D eigenvalue weighted by atomic mass is 35.5. The van der Waals surface area contributed by atoms with E-state index < -0.39 is 23.5 Å². The van der Waals surface area contributed by atoms with Crippen LogP contribution in [0.15, 0.2) is 51.7 Å². The Balaban J connectivity index is 1.69. The first-order valence-electron chi connectivity index (χ1n) is 9.24. The van der Waals surface area contributed by atoms with Gasteiger partial charge < -0.3 is 24.7 Å². The third-order valence-corrected chi connectivity index (χ3v) is 5.10. The van der Waals surface area contributed by atoms with Gasteiger partial charge in [-0.15, -0.1) is 0 Å². The van der Waals surface area contributed by atoms with Gasteiger partial charge in [0.25, 0.3) is 0 Å². The summed E-state index contributed by atoms with van der Waals surface area (Å²) in [6.07, 6.45) is 0.0307. The maximum atomic E-state index is 12.3. The maximum Gasteiger partial charge on any atom is 0.339 e. The number of carboxylic acids is 1. The van der Waals surface area contributed by atoms with Crippen LogP contribution in [0.25, 0.3) is 11.0 Å². The summed E-state index contributed by atoms with van der Waals surface area (Å²) in [5.41, 5.74) is 1.31. The minimum absolute atomic E-state index is 0.0220. The van der Waals surface area contributed by atoms with Crippen molar-refractivity contribution >= 4 is 34.4 Å². The minimum Gasteiger partial charge on any atom is -0.548 e. The molecule has 1 atom stereocenters. The molecule has 0 aliphatic rings. The van der Waals surface area contributed by atoms with E-state index in [1.54, 1.807) is 37.3 Å². The summed E-state index contributed by atoms with van der Waals surface area (Å²) in [6, 6.07) is 9.85. The van der Waals surface area contributed by atoms with Crippen LogP contribution in [-0.2, 0) is 22.4 Å². The van der Waals surface area contributed by atoms with Crippen molar-refractivity contribution in [3.63, 3.8) is 0 Å². The number of halogens is 1. The molecule has 2 N–H and O–H groups in total. The van der Waals surface area contributed by atoms with E-state index in [0.29, 0.717) is 27.1 Å². The molecule has 3 aromatic rings. The quantitative estimate of drug-likeness (QED) is 0.554. The number of hydrogen-bond acceptors (Lipinski definition) is 6. The van der Waals surface area contributed by atoms with Crippen molar-refractivity contribution in [3.8, 4) is 5.75 Å². The van der Waals surface area contributed by atoms with Crippen LogP contribution in [-0.4, -0.2) is 23.0 Å². The molecule has 0 aliphatic carbocycles. The number of phenolic OH excluding ortho intramolecular Hbond substituents is 1. The number of nitrogens with one attached hydrogen (secondary N) is 1. The number of phenols is 1. The Bertz CT molecular complexity index is 1150. The second-order valence-corrected chi connectivity index (χ2v) is 7.38. The van der Waals surface area contributed by atoms with E-state index in [9.17, 15) is 24.6 Å². The monoisotopic (exact) mass is 428 g/mol. The first-order chi connectivity index (χ1) is 14.2. The average Bonchev–Trinajstić information content (AvgIpc) is 2.68. The topological polar surface area (TPSA) is 120 Å². The van der Waals surface area contributed by atoms with Gasteiger partial charge in [-0.2, -0.15) is 0 Å². The molecule has 0 unspecified atom stereocenters. The molecule has 3 rings (SSSR count). The second-order valence-electron chi connectivity index (χ2n) is 6.94. The lowest BCUT2D eigenvalue weighted by Crippen LogP contribution is -2.49. The maximum absolute atomic E-state index is 12.3. The van der Waals surface area contributed by atoms with Crippen molar-refractivity contribution in [1.82, 2.24) is 5.32 Å². The number of aliphatic carboxylic acids is 1. The van der Waals surface area contributed by atoms with Gasteiger partial charge in [-0.25, -0.2) is 4.79 Å². The molecule has 0 aliphatic heterocycles. The van der Waals surface area contributed by atoms with Gasteiger partial charge in [0.15, 0.2) is 0 Å². The number of amides is 1. The Morgan fingerprint density at radius 3 is 2.57 bits per heavy atom. The Morgan fingerprint density at radius 2 is 1.90 bits per heavy atom. The van der Waals surface area contributed by atoms with Crippen LogP contribution in [0.4, 0.5) is 0 Å². The van der Waals surface area contributed by atoms with E-state index in [2.05, 4.69) is 5.32 Å². The second kappa shape index (κ2) is 9.00. The van der Waals surface area contributed by atoms with Crippen molar-refractivity contribution in [3.05, 3.63) is 74.6 Å². The van der Waals surface area contributed by atoms with E-state index in [4.69, 9.17) is 16.0 Å². The largest absolute Gasteiger partial charge is 0.548 e. The normalized spacial score (nSPS) is 11.9. The van der Waals surface area contributed by atoms with Crippen LogP contribution < -0.4 is 16.0 Å². The fourth-order valence-electron chi connectivity index (χ4n) is 3.23. The predicted molar refractivity (Wildman–Crippen MR) is 109 cm³/mol. The number of carboxylic acid groups (broad SMARTS) is 1. The van der Waals surface area contributed by atoms with Gasteiger partial charge in [0.2, 0.25) is 5.91 Å².